The maximum Gasteiger partial charge on any atom is 0.159 e. The van der Waals surface area contributed by atoms with Gasteiger partial charge in [0.05, 0.1) is 22.7 Å². The Morgan fingerprint density at radius 1 is 0.921 bits per heavy atom. The number of rotatable bonds is 7. The van der Waals surface area contributed by atoms with E-state index in [-0.39, 0.29) is 5.82 Å². The van der Waals surface area contributed by atoms with Gasteiger partial charge in [-0.2, -0.15) is 5.10 Å². The van der Waals surface area contributed by atoms with Gasteiger partial charge in [-0.1, -0.05) is 6.07 Å². The SMILES string of the molecule is Cc1ccncc1-c1ccc2[nH]nc(-c3nc4c(-c5cc(F)cc(NCCN(C)C)c5)cncc4[nH]3)c2c1. The fourth-order valence-corrected chi connectivity index (χ4v) is 4.66. The average molecular weight is 507 g/mol. The summed E-state index contributed by atoms with van der Waals surface area (Å²) in [7, 11) is 4.01. The van der Waals surface area contributed by atoms with E-state index in [0.717, 1.165) is 45.2 Å². The summed E-state index contributed by atoms with van der Waals surface area (Å²) in [5.41, 5.74) is 8.49. The number of pyridine rings is 2. The zero-order valence-electron chi connectivity index (χ0n) is 21.4. The molecule has 0 radical (unpaired) electrons. The molecular formula is C29H27FN8. The lowest BCUT2D eigenvalue weighted by molar-refractivity contribution is 0.425. The summed E-state index contributed by atoms with van der Waals surface area (Å²) < 4.78 is 14.6. The van der Waals surface area contributed by atoms with Gasteiger partial charge in [-0.05, 0) is 74.1 Å². The molecule has 0 saturated heterocycles. The molecule has 4 heterocycles. The zero-order chi connectivity index (χ0) is 26.2. The van der Waals surface area contributed by atoms with E-state index in [2.05, 4.69) is 54.4 Å². The lowest BCUT2D eigenvalue weighted by Gasteiger charge is -2.12. The van der Waals surface area contributed by atoms with Gasteiger partial charge in [0.25, 0.3) is 0 Å². The molecule has 6 aromatic rings. The summed E-state index contributed by atoms with van der Waals surface area (Å²) in [6.07, 6.45) is 7.11. The average Bonchev–Trinajstić information content (AvgIpc) is 3.52. The van der Waals surface area contributed by atoms with E-state index in [1.807, 2.05) is 38.5 Å². The van der Waals surface area contributed by atoms with E-state index in [9.17, 15) is 4.39 Å². The third-order valence-corrected chi connectivity index (χ3v) is 6.63. The summed E-state index contributed by atoms with van der Waals surface area (Å²) in [6, 6.07) is 13.1. The number of benzene rings is 2. The molecule has 0 amide bonds. The molecule has 0 saturated carbocycles. The molecule has 0 atom stereocenters. The van der Waals surface area contributed by atoms with E-state index in [4.69, 9.17) is 4.98 Å². The maximum absolute atomic E-state index is 14.6. The van der Waals surface area contributed by atoms with Crippen LogP contribution >= 0.6 is 0 Å². The monoisotopic (exact) mass is 506 g/mol. The van der Waals surface area contributed by atoms with Gasteiger partial charge in [0, 0.05) is 53.9 Å². The van der Waals surface area contributed by atoms with E-state index < -0.39 is 0 Å². The van der Waals surface area contributed by atoms with Crippen LogP contribution in [-0.4, -0.2) is 62.2 Å². The highest BCUT2D eigenvalue weighted by Crippen LogP contribution is 2.34. The zero-order valence-corrected chi connectivity index (χ0v) is 21.4. The summed E-state index contributed by atoms with van der Waals surface area (Å²) in [5, 5.41) is 11.9. The summed E-state index contributed by atoms with van der Waals surface area (Å²) in [6.45, 7) is 3.62. The fraction of sp³-hybridized carbons (Fsp3) is 0.172. The largest absolute Gasteiger partial charge is 0.384 e. The molecule has 3 N–H and O–H groups in total. The number of likely N-dealkylation sites (N-methyl/N-ethyl adjacent to an activating group) is 1. The number of imidazole rings is 1. The quantitative estimate of drug-likeness (QED) is 0.259. The van der Waals surface area contributed by atoms with Crippen LogP contribution in [0.1, 0.15) is 5.56 Å². The lowest BCUT2D eigenvalue weighted by atomic mass is 10.0. The highest BCUT2D eigenvalue weighted by atomic mass is 19.1. The van der Waals surface area contributed by atoms with Gasteiger partial charge in [-0.15, -0.1) is 0 Å². The van der Waals surface area contributed by atoms with Crippen LogP contribution in [0.2, 0.25) is 0 Å². The number of aryl methyl sites for hydroxylation is 1. The summed E-state index contributed by atoms with van der Waals surface area (Å²) >= 11 is 0. The second kappa shape index (κ2) is 9.68. The first kappa shape index (κ1) is 23.7. The van der Waals surface area contributed by atoms with Crippen molar-refractivity contribution >= 4 is 27.6 Å². The molecular weight excluding hydrogens is 479 g/mol. The van der Waals surface area contributed by atoms with Gasteiger partial charge in [0.15, 0.2) is 5.82 Å². The molecule has 38 heavy (non-hydrogen) atoms. The molecule has 4 aromatic heterocycles. The minimum Gasteiger partial charge on any atom is -0.384 e. The van der Waals surface area contributed by atoms with Crippen LogP contribution in [-0.2, 0) is 0 Å². The molecule has 190 valence electrons. The van der Waals surface area contributed by atoms with Gasteiger partial charge in [0.1, 0.15) is 11.5 Å². The Kier molecular flexibility index (Phi) is 6.05. The molecule has 0 aliphatic rings. The van der Waals surface area contributed by atoms with Crippen LogP contribution in [0.5, 0.6) is 0 Å². The van der Waals surface area contributed by atoms with E-state index in [0.29, 0.717) is 34.8 Å². The van der Waals surface area contributed by atoms with Crippen LogP contribution in [0.3, 0.4) is 0 Å². The number of halogens is 1. The van der Waals surface area contributed by atoms with Crippen LogP contribution in [0, 0.1) is 12.7 Å². The van der Waals surface area contributed by atoms with Gasteiger partial charge in [-0.3, -0.25) is 15.1 Å². The minimum atomic E-state index is -0.320. The molecule has 0 bridgehead atoms. The number of nitrogens with zero attached hydrogens (tertiary/aromatic N) is 5. The Hall–Kier alpha value is -4.63. The number of nitrogens with one attached hydrogen (secondary N) is 3. The number of aromatic amines is 2. The van der Waals surface area contributed by atoms with Crippen LogP contribution in [0.15, 0.2) is 67.3 Å². The van der Waals surface area contributed by atoms with Crippen LogP contribution in [0.25, 0.3) is 55.7 Å². The number of anilines is 1. The maximum atomic E-state index is 14.6. The van der Waals surface area contributed by atoms with Crippen molar-refractivity contribution in [3.8, 4) is 33.8 Å². The first-order valence-corrected chi connectivity index (χ1v) is 12.4. The number of H-pyrrole nitrogens is 2. The third-order valence-electron chi connectivity index (χ3n) is 6.63. The Morgan fingerprint density at radius 2 is 1.79 bits per heavy atom. The van der Waals surface area contributed by atoms with Gasteiger partial charge >= 0.3 is 0 Å². The van der Waals surface area contributed by atoms with Gasteiger partial charge in [0.2, 0.25) is 0 Å². The Bertz CT molecular complexity index is 1770. The summed E-state index contributed by atoms with van der Waals surface area (Å²) in [4.78, 5) is 19.0. The molecule has 2 aromatic carbocycles. The normalized spacial score (nSPS) is 11.6. The van der Waals surface area contributed by atoms with Crippen molar-refractivity contribution in [1.29, 1.82) is 0 Å². The molecule has 0 aliphatic carbocycles. The van der Waals surface area contributed by atoms with Crippen LogP contribution in [0.4, 0.5) is 10.1 Å². The van der Waals surface area contributed by atoms with Crippen molar-refractivity contribution in [3.05, 3.63) is 78.6 Å². The lowest BCUT2D eigenvalue weighted by Crippen LogP contribution is -2.20. The molecule has 0 fully saturated rings. The predicted molar refractivity (Wildman–Crippen MR) is 149 cm³/mol. The van der Waals surface area contributed by atoms with E-state index >= 15 is 0 Å². The first-order chi connectivity index (χ1) is 18.5. The molecule has 9 heteroatoms. The second-order valence-corrected chi connectivity index (χ2v) is 9.65. The molecule has 0 aliphatic heterocycles. The molecule has 0 spiro atoms. The molecule has 6 rings (SSSR count). The second-order valence-electron chi connectivity index (χ2n) is 9.65. The highest BCUT2D eigenvalue weighted by Gasteiger charge is 2.17. The first-order valence-electron chi connectivity index (χ1n) is 12.4. The van der Waals surface area contributed by atoms with Crippen molar-refractivity contribution in [3.63, 3.8) is 0 Å². The molecule has 8 nitrogen and oxygen atoms in total. The van der Waals surface area contributed by atoms with Crippen molar-refractivity contribution < 1.29 is 4.39 Å². The van der Waals surface area contributed by atoms with E-state index in [1.54, 1.807) is 18.6 Å². The predicted octanol–water partition coefficient (Wildman–Crippen LogP) is 5.65. The minimum absolute atomic E-state index is 0.320. The highest BCUT2D eigenvalue weighted by molar-refractivity contribution is 5.98. The van der Waals surface area contributed by atoms with Crippen molar-refractivity contribution in [2.45, 2.75) is 6.92 Å². The number of hydrogen-bond donors (Lipinski definition) is 3. The topological polar surface area (TPSA) is 98.4 Å². The van der Waals surface area contributed by atoms with Crippen LogP contribution < -0.4 is 5.32 Å². The van der Waals surface area contributed by atoms with E-state index in [1.165, 1.54) is 12.1 Å². The number of aromatic nitrogens is 6. The Morgan fingerprint density at radius 3 is 2.63 bits per heavy atom. The number of hydrogen-bond acceptors (Lipinski definition) is 6. The Labute approximate surface area is 219 Å². The fourth-order valence-electron chi connectivity index (χ4n) is 4.66. The summed E-state index contributed by atoms with van der Waals surface area (Å²) in [5.74, 6) is 0.292. The van der Waals surface area contributed by atoms with Crippen molar-refractivity contribution in [2.75, 3.05) is 32.5 Å². The Balaban J connectivity index is 1.41. The van der Waals surface area contributed by atoms with Gasteiger partial charge in [-0.25, -0.2) is 9.37 Å². The standard InChI is InChI=1S/C29H27FN8/c1-17-6-7-31-14-23(17)18-4-5-25-22(12-18)28(37-36-25)29-34-26-16-32-15-24(27(26)35-29)19-10-20(30)13-21(11-19)33-8-9-38(2)3/h4-7,10-16,33H,8-9H2,1-3H3,(H,34,35)(H,36,37). The molecule has 0 unspecified atom stereocenters. The number of fused-ring (bicyclic) bond motifs is 2. The van der Waals surface area contributed by atoms with Crippen molar-refractivity contribution in [1.82, 2.24) is 35.0 Å². The third kappa shape index (κ3) is 4.48. The van der Waals surface area contributed by atoms with Gasteiger partial charge < -0.3 is 15.2 Å². The smallest absolute Gasteiger partial charge is 0.159 e. The van der Waals surface area contributed by atoms with Crippen molar-refractivity contribution in [2.24, 2.45) is 0 Å².